The molecule has 2 aromatic rings. The molecule has 0 aliphatic heterocycles. The Hall–Kier alpha value is -1.68. The Morgan fingerprint density at radius 1 is 1.44 bits per heavy atom. The number of nitrogens with zero attached hydrogens (tertiary/aromatic N) is 1. The zero-order chi connectivity index (χ0) is 13.1. The highest BCUT2D eigenvalue weighted by atomic mass is 35.5. The van der Waals surface area contributed by atoms with Gasteiger partial charge in [-0.3, -0.25) is 4.79 Å². The summed E-state index contributed by atoms with van der Waals surface area (Å²) >= 11 is 5.74. The molecule has 94 valence electrons. The second-order valence-electron chi connectivity index (χ2n) is 3.94. The summed E-state index contributed by atoms with van der Waals surface area (Å²) in [6.45, 7) is 1.98. The molecule has 5 heteroatoms. The van der Waals surface area contributed by atoms with E-state index in [1.807, 2.05) is 6.92 Å². The fourth-order valence-electron chi connectivity index (χ4n) is 1.80. The first-order valence-electron chi connectivity index (χ1n) is 5.65. The first-order chi connectivity index (χ1) is 8.63. The van der Waals surface area contributed by atoms with Crippen LogP contribution >= 0.6 is 11.6 Å². The lowest BCUT2D eigenvalue weighted by molar-refractivity contribution is 0.628. The van der Waals surface area contributed by atoms with Crippen molar-refractivity contribution in [3.05, 3.63) is 51.3 Å². The molecular weight excluding hydrogens is 255 g/mol. The van der Waals surface area contributed by atoms with E-state index < -0.39 is 5.82 Å². The number of H-pyrrole nitrogens is 1. The lowest BCUT2D eigenvalue weighted by atomic mass is 10.0. The third-order valence-corrected chi connectivity index (χ3v) is 2.93. The van der Waals surface area contributed by atoms with E-state index in [9.17, 15) is 9.18 Å². The molecule has 0 unspecified atom stereocenters. The molecule has 0 atom stereocenters. The van der Waals surface area contributed by atoms with E-state index >= 15 is 0 Å². The zero-order valence-electron chi connectivity index (χ0n) is 9.84. The minimum atomic E-state index is -0.484. The standard InChI is InChI=1S/C13H12ClFN2O/c1-2-3-9-12(16-7-17-13(9)18)8-4-5-11(15)10(14)6-8/h4-7H,2-3H2,1H3,(H,16,17,18). The van der Waals surface area contributed by atoms with E-state index in [0.29, 0.717) is 23.2 Å². The van der Waals surface area contributed by atoms with Crippen LogP contribution in [0.15, 0.2) is 29.3 Å². The van der Waals surface area contributed by atoms with Crippen LogP contribution in [0.3, 0.4) is 0 Å². The normalized spacial score (nSPS) is 10.6. The number of benzene rings is 1. The molecule has 2 rings (SSSR count). The van der Waals surface area contributed by atoms with Crippen molar-refractivity contribution in [2.45, 2.75) is 19.8 Å². The van der Waals surface area contributed by atoms with Crippen LogP contribution in [-0.2, 0) is 6.42 Å². The van der Waals surface area contributed by atoms with Crippen LogP contribution in [0.5, 0.6) is 0 Å². The van der Waals surface area contributed by atoms with E-state index in [0.717, 1.165) is 6.42 Å². The molecule has 1 aromatic carbocycles. The molecule has 0 fully saturated rings. The first kappa shape index (κ1) is 12.8. The van der Waals surface area contributed by atoms with Crippen molar-refractivity contribution in [1.82, 2.24) is 9.97 Å². The van der Waals surface area contributed by atoms with Gasteiger partial charge in [-0.15, -0.1) is 0 Å². The Morgan fingerprint density at radius 2 is 2.22 bits per heavy atom. The minimum absolute atomic E-state index is 0.0250. The van der Waals surface area contributed by atoms with Gasteiger partial charge in [0.2, 0.25) is 0 Å². The summed E-state index contributed by atoms with van der Waals surface area (Å²) in [6.07, 6.45) is 2.79. The predicted molar refractivity (Wildman–Crippen MR) is 69.3 cm³/mol. The van der Waals surface area contributed by atoms with Crippen LogP contribution in [0, 0.1) is 5.82 Å². The van der Waals surface area contributed by atoms with Crippen molar-refractivity contribution in [3.8, 4) is 11.3 Å². The third-order valence-electron chi connectivity index (χ3n) is 2.64. The van der Waals surface area contributed by atoms with E-state index in [-0.39, 0.29) is 10.6 Å². The highest BCUT2D eigenvalue weighted by Gasteiger charge is 2.11. The molecule has 1 heterocycles. The number of aromatic nitrogens is 2. The number of hydrogen-bond acceptors (Lipinski definition) is 2. The Kier molecular flexibility index (Phi) is 3.77. The van der Waals surface area contributed by atoms with Crippen LogP contribution in [0.2, 0.25) is 5.02 Å². The third kappa shape index (κ3) is 2.43. The maximum Gasteiger partial charge on any atom is 0.254 e. The van der Waals surface area contributed by atoms with Gasteiger partial charge < -0.3 is 4.98 Å². The van der Waals surface area contributed by atoms with Crippen LogP contribution in [0.1, 0.15) is 18.9 Å². The van der Waals surface area contributed by atoms with E-state index in [4.69, 9.17) is 11.6 Å². The molecule has 0 aliphatic carbocycles. The molecular formula is C13H12ClFN2O. The summed E-state index contributed by atoms with van der Waals surface area (Å²) in [6, 6.07) is 4.33. The molecule has 1 N–H and O–H groups in total. The minimum Gasteiger partial charge on any atom is -0.313 e. The molecule has 0 saturated heterocycles. The van der Waals surface area contributed by atoms with Gasteiger partial charge in [-0.25, -0.2) is 9.37 Å². The number of rotatable bonds is 3. The monoisotopic (exact) mass is 266 g/mol. The van der Waals surface area contributed by atoms with Gasteiger partial charge in [-0.1, -0.05) is 24.9 Å². The van der Waals surface area contributed by atoms with E-state index in [2.05, 4.69) is 9.97 Å². The quantitative estimate of drug-likeness (QED) is 0.927. The Balaban J connectivity index is 2.59. The van der Waals surface area contributed by atoms with Crippen molar-refractivity contribution in [2.75, 3.05) is 0 Å². The maximum atomic E-state index is 13.1. The lowest BCUT2D eigenvalue weighted by Gasteiger charge is -2.07. The van der Waals surface area contributed by atoms with E-state index in [1.54, 1.807) is 6.07 Å². The summed E-state index contributed by atoms with van der Waals surface area (Å²) in [4.78, 5) is 18.5. The van der Waals surface area contributed by atoms with Crippen molar-refractivity contribution >= 4 is 11.6 Å². The average molecular weight is 267 g/mol. The fourth-order valence-corrected chi connectivity index (χ4v) is 1.98. The Bertz CT molecular complexity index is 625. The first-order valence-corrected chi connectivity index (χ1v) is 6.03. The van der Waals surface area contributed by atoms with Gasteiger partial charge in [0.15, 0.2) is 0 Å². The summed E-state index contributed by atoms with van der Waals surface area (Å²) in [5.74, 6) is -0.484. The van der Waals surface area contributed by atoms with Gasteiger partial charge in [-0.05, 0) is 24.6 Å². The van der Waals surface area contributed by atoms with Gasteiger partial charge in [-0.2, -0.15) is 0 Å². The number of hydrogen-bond donors (Lipinski definition) is 1. The second-order valence-corrected chi connectivity index (χ2v) is 4.34. The Morgan fingerprint density at radius 3 is 2.89 bits per heavy atom. The summed E-state index contributed by atoms with van der Waals surface area (Å²) in [5, 5.41) is 0.0250. The highest BCUT2D eigenvalue weighted by Crippen LogP contribution is 2.25. The largest absolute Gasteiger partial charge is 0.313 e. The fraction of sp³-hybridized carbons (Fsp3) is 0.231. The van der Waals surface area contributed by atoms with Gasteiger partial charge in [0.1, 0.15) is 5.82 Å². The molecule has 3 nitrogen and oxygen atoms in total. The molecule has 18 heavy (non-hydrogen) atoms. The second kappa shape index (κ2) is 5.31. The smallest absolute Gasteiger partial charge is 0.254 e. The molecule has 0 radical (unpaired) electrons. The number of nitrogens with one attached hydrogen (secondary N) is 1. The molecule has 1 aromatic heterocycles. The molecule has 0 amide bonds. The van der Waals surface area contributed by atoms with Crippen LogP contribution < -0.4 is 5.56 Å². The SMILES string of the molecule is CCCc1c(-c2ccc(F)c(Cl)c2)nc[nH]c1=O. The number of halogens is 2. The number of aromatic amines is 1. The van der Waals surface area contributed by atoms with Gasteiger partial charge >= 0.3 is 0 Å². The highest BCUT2D eigenvalue weighted by molar-refractivity contribution is 6.31. The molecule has 0 aliphatic rings. The maximum absolute atomic E-state index is 13.1. The van der Waals surface area contributed by atoms with Crippen LogP contribution in [-0.4, -0.2) is 9.97 Å². The molecule has 0 saturated carbocycles. The molecule has 0 spiro atoms. The molecule has 0 bridgehead atoms. The van der Waals surface area contributed by atoms with Gasteiger partial charge in [0.05, 0.1) is 17.0 Å². The topological polar surface area (TPSA) is 45.8 Å². The summed E-state index contributed by atoms with van der Waals surface area (Å²) < 4.78 is 13.1. The average Bonchev–Trinajstić information content (AvgIpc) is 2.35. The van der Waals surface area contributed by atoms with E-state index in [1.165, 1.54) is 18.5 Å². The zero-order valence-corrected chi connectivity index (χ0v) is 10.6. The predicted octanol–water partition coefficient (Wildman–Crippen LogP) is 3.18. The van der Waals surface area contributed by atoms with Crippen molar-refractivity contribution in [1.29, 1.82) is 0 Å². The van der Waals surface area contributed by atoms with Crippen LogP contribution in [0.25, 0.3) is 11.3 Å². The lowest BCUT2D eigenvalue weighted by Crippen LogP contribution is -2.14. The van der Waals surface area contributed by atoms with Crippen LogP contribution in [0.4, 0.5) is 4.39 Å². The summed E-state index contributed by atoms with van der Waals surface area (Å²) in [7, 11) is 0. The van der Waals surface area contributed by atoms with Crippen molar-refractivity contribution < 1.29 is 4.39 Å². The van der Waals surface area contributed by atoms with Crippen molar-refractivity contribution in [2.24, 2.45) is 0 Å². The van der Waals surface area contributed by atoms with Gasteiger partial charge in [0.25, 0.3) is 5.56 Å². The Labute approximate surface area is 109 Å². The van der Waals surface area contributed by atoms with Gasteiger partial charge in [0, 0.05) is 11.1 Å². The summed E-state index contributed by atoms with van der Waals surface area (Å²) in [5.41, 5.74) is 1.64. The van der Waals surface area contributed by atoms with Crippen molar-refractivity contribution in [3.63, 3.8) is 0 Å².